The molecule has 0 aliphatic carbocycles. The fourth-order valence-corrected chi connectivity index (χ4v) is 2.65. The van der Waals surface area contributed by atoms with Gasteiger partial charge in [0.15, 0.2) is 5.76 Å². The molecule has 3 aromatic rings. The van der Waals surface area contributed by atoms with Gasteiger partial charge in [-0.2, -0.15) is 5.10 Å². The molecule has 1 atom stereocenters. The molecule has 0 spiro atoms. The summed E-state index contributed by atoms with van der Waals surface area (Å²) in [6, 6.07) is 12.3. The van der Waals surface area contributed by atoms with Crippen LogP contribution in [-0.4, -0.2) is 34.7 Å². The maximum atomic E-state index is 12.6. The normalized spacial score (nSPS) is 11.5. The molecule has 2 heterocycles. The molecule has 0 aliphatic heterocycles. The first-order valence-electron chi connectivity index (χ1n) is 9.36. The van der Waals surface area contributed by atoms with Gasteiger partial charge in [0.25, 0.3) is 5.56 Å². The van der Waals surface area contributed by atoms with E-state index in [2.05, 4.69) is 15.7 Å². The second-order valence-electron chi connectivity index (χ2n) is 6.50. The van der Waals surface area contributed by atoms with Gasteiger partial charge in [-0.1, -0.05) is 0 Å². The zero-order chi connectivity index (χ0) is 21.5. The highest BCUT2D eigenvalue weighted by atomic mass is 16.5. The topological polar surface area (TPSA) is 115 Å². The Balaban J connectivity index is 1.62. The Bertz CT molecular complexity index is 1060. The molecule has 0 saturated carbocycles. The lowest BCUT2D eigenvalue weighted by Crippen LogP contribution is -2.33. The molecule has 2 aromatic heterocycles. The molecule has 3 rings (SSSR count). The Labute approximate surface area is 172 Å². The van der Waals surface area contributed by atoms with Gasteiger partial charge in [0.05, 0.1) is 12.8 Å². The van der Waals surface area contributed by atoms with Crippen molar-refractivity contribution in [2.75, 3.05) is 18.5 Å². The molecule has 2 amide bonds. The highest BCUT2D eigenvalue weighted by Gasteiger charge is 2.18. The van der Waals surface area contributed by atoms with Crippen molar-refractivity contribution in [2.24, 2.45) is 0 Å². The highest BCUT2D eigenvalue weighted by Crippen LogP contribution is 2.18. The number of carbonyl (C=O) groups is 2. The molecule has 9 heteroatoms. The van der Waals surface area contributed by atoms with Gasteiger partial charge < -0.3 is 19.8 Å². The second kappa shape index (κ2) is 9.55. The van der Waals surface area contributed by atoms with Gasteiger partial charge in [0, 0.05) is 18.7 Å². The average molecular weight is 410 g/mol. The van der Waals surface area contributed by atoms with Crippen molar-refractivity contribution in [3.05, 3.63) is 65.1 Å². The van der Waals surface area contributed by atoms with Crippen LogP contribution in [0.15, 0.2) is 64.0 Å². The number of hydrogen-bond acceptors (Lipinski definition) is 6. The van der Waals surface area contributed by atoms with Crippen molar-refractivity contribution in [2.45, 2.75) is 19.9 Å². The number of amides is 2. The monoisotopic (exact) mass is 410 g/mol. The predicted molar refractivity (Wildman–Crippen MR) is 110 cm³/mol. The van der Waals surface area contributed by atoms with Crippen LogP contribution in [0.25, 0.3) is 11.5 Å². The summed E-state index contributed by atoms with van der Waals surface area (Å²) in [7, 11) is 0. The first kappa shape index (κ1) is 20.8. The Kier molecular flexibility index (Phi) is 6.63. The van der Waals surface area contributed by atoms with Crippen molar-refractivity contribution < 1.29 is 18.7 Å². The lowest BCUT2D eigenvalue weighted by atomic mass is 10.2. The summed E-state index contributed by atoms with van der Waals surface area (Å²) >= 11 is 0. The van der Waals surface area contributed by atoms with Crippen LogP contribution >= 0.6 is 0 Å². The van der Waals surface area contributed by atoms with E-state index in [1.54, 1.807) is 49.4 Å². The van der Waals surface area contributed by atoms with E-state index in [-0.39, 0.29) is 11.8 Å². The maximum Gasteiger partial charge on any atom is 0.267 e. The molecule has 30 heavy (non-hydrogen) atoms. The molecule has 1 unspecified atom stereocenters. The van der Waals surface area contributed by atoms with Crippen LogP contribution in [0, 0.1) is 0 Å². The molecule has 0 aliphatic rings. The number of aromatic nitrogens is 2. The number of nitrogens with zero attached hydrogens (tertiary/aromatic N) is 2. The van der Waals surface area contributed by atoms with Crippen LogP contribution in [0.1, 0.15) is 19.9 Å². The third-order valence-electron chi connectivity index (χ3n) is 4.21. The van der Waals surface area contributed by atoms with Gasteiger partial charge >= 0.3 is 0 Å². The van der Waals surface area contributed by atoms with Crippen LogP contribution in [0.2, 0.25) is 0 Å². The maximum absolute atomic E-state index is 12.6. The van der Waals surface area contributed by atoms with E-state index in [1.165, 1.54) is 19.3 Å². The minimum absolute atomic E-state index is 0.117. The van der Waals surface area contributed by atoms with Gasteiger partial charge in [-0.25, -0.2) is 4.68 Å². The Morgan fingerprint density at radius 3 is 2.60 bits per heavy atom. The number of benzene rings is 1. The van der Waals surface area contributed by atoms with Gasteiger partial charge in [-0.15, -0.1) is 0 Å². The summed E-state index contributed by atoms with van der Waals surface area (Å²) in [6.45, 7) is 3.78. The summed E-state index contributed by atoms with van der Waals surface area (Å²) in [4.78, 5) is 35.6. The van der Waals surface area contributed by atoms with Crippen molar-refractivity contribution in [1.29, 1.82) is 0 Å². The second-order valence-corrected chi connectivity index (χ2v) is 6.50. The molecule has 9 nitrogen and oxygen atoms in total. The first-order valence-corrected chi connectivity index (χ1v) is 9.36. The molecule has 0 bridgehead atoms. The van der Waals surface area contributed by atoms with Crippen molar-refractivity contribution in [3.63, 3.8) is 0 Å². The van der Waals surface area contributed by atoms with E-state index in [0.717, 1.165) is 4.68 Å². The molecule has 0 radical (unpaired) electrons. The number of ether oxygens (including phenoxy) is 1. The number of carbonyl (C=O) groups excluding carboxylic acids is 2. The largest absolute Gasteiger partial charge is 0.492 e. The lowest BCUT2D eigenvalue weighted by molar-refractivity contribution is -0.119. The third kappa shape index (κ3) is 5.34. The van der Waals surface area contributed by atoms with E-state index in [9.17, 15) is 14.4 Å². The number of rotatable bonds is 8. The van der Waals surface area contributed by atoms with Gasteiger partial charge in [0.2, 0.25) is 11.8 Å². The minimum Gasteiger partial charge on any atom is -0.492 e. The fourth-order valence-electron chi connectivity index (χ4n) is 2.65. The number of anilines is 1. The first-order chi connectivity index (χ1) is 14.4. The Morgan fingerprint density at radius 2 is 1.93 bits per heavy atom. The quantitative estimate of drug-likeness (QED) is 0.550. The van der Waals surface area contributed by atoms with Crippen molar-refractivity contribution >= 4 is 17.5 Å². The Hall–Kier alpha value is -3.88. The summed E-state index contributed by atoms with van der Waals surface area (Å²) in [5.74, 6) is 0.607. The van der Waals surface area contributed by atoms with Crippen LogP contribution < -0.4 is 20.9 Å². The summed E-state index contributed by atoms with van der Waals surface area (Å²) in [6.07, 6.45) is 1.51. The lowest BCUT2D eigenvalue weighted by Gasteiger charge is -2.15. The molecule has 0 fully saturated rings. The zero-order valence-electron chi connectivity index (χ0n) is 16.6. The standard InChI is InChI=1S/C21H22N4O5/c1-14(25-20(27)10-9-18(24-25)19-4-3-12-30-19)21(28)23-16-5-7-17(8-6-16)29-13-11-22-15(2)26/h3-10,12,14H,11,13H2,1-2H3,(H,22,26)(H,23,28). The van der Waals surface area contributed by atoms with Crippen LogP contribution in [-0.2, 0) is 9.59 Å². The smallest absolute Gasteiger partial charge is 0.267 e. The molecular formula is C21H22N4O5. The van der Waals surface area contributed by atoms with Crippen molar-refractivity contribution in [1.82, 2.24) is 15.1 Å². The molecule has 0 saturated heterocycles. The van der Waals surface area contributed by atoms with E-state index in [0.29, 0.717) is 36.0 Å². The number of hydrogen-bond donors (Lipinski definition) is 2. The minimum atomic E-state index is -0.832. The average Bonchev–Trinajstić information content (AvgIpc) is 3.27. The molecule has 2 N–H and O–H groups in total. The number of furan rings is 1. The summed E-state index contributed by atoms with van der Waals surface area (Å²) in [5.41, 5.74) is 0.618. The molecule has 1 aromatic carbocycles. The Morgan fingerprint density at radius 1 is 1.17 bits per heavy atom. The van der Waals surface area contributed by atoms with Crippen LogP contribution in [0.3, 0.4) is 0 Å². The fraction of sp³-hybridized carbons (Fsp3) is 0.238. The van der Waals surface area contributed by atoms with Crippen LogP contribution in [0.4, 0.5) is 5.69 Å². The zero-order valence-corrected chi connectivity index (χ0v) is 16.6. The number of nitrogens with one attached hydrogen (secondary N) is 2. The van der Waals surface area contributed by atoms with Gasteiger partial charge in [0.1, 0.15) is 24.1 Å². The van der Waals surface area contributed by atoms with E-state index >= 15 is 0 Å². The third-order valence-corrected chi connectivity index (χ3v) is 4.21. The van der Waals surface area contributed by atoms with Gasteiger partial charge in [-0.3, -0.25) is 14.4 Å². The molecule has 156 valence electrons. The van der Waals surface area contributed by atoms with Crippen LogP contribution in [0.5, 0.6) is 5.75 Å². The highest BCUT2D eigenvalue weighted by molar-refractivity contribution is 5.93. The van der Waals surface area contributed by atoms with E-state index < -0.39 is 11.6 Å². The molecular weight excluding hydrogens is 388 g/mol. The summed E-state index contributed by atoms with van der Waals surface area (Å²) < 4.78 is 11.9. The SMILES string of the molecule is CC(=O)NCCOc1ccc(NC(=O)C(C)n2nc(-c3ccco3)ccc2=O)cc1. The van der Waals surface area contributed by atoms with E-state index in [1.807, 2.05) is 0 Å². The van der Waals surface area contributed by atoms with Gasteiger partial charge in [-0.05, 0) is 49.4 Å². The summed E-state index contributed by atoms with van der Waals surface area (Å²) in [5, 5.41) is 9.64. The van der Waals surface area contributed by atoms with Crippen molar-refractivity contribution in [3.8, 4) is 17.2 Å². The predicted octanol–water partition coefficient (Wildman–Crippen LogP) is 2.22. The van der Waals surface area contributed by atoms with E-state index in [4.69, 9.17) is 9.15 Å².